The number of esters is 1. The van der Waals surface area contributed by atoms with E-state index in [-0.39, 0.29) is 11.3 Å². The number of anilines is 1. The number of amides is 1. The van der Waals surface area contributed by atoms with E-state index in [4.69, 9.17) is 4.74 Å². The van der Waals surface area contributed by atoms with Gasteiger partial charge in [-0.1, -0.05) is 15.9 Å². The van der Waals surface area contributed by atoms with E-state index in [9.17, 15) is 18.8 Å². The Morgan fingerprint density at radius 3 is 2.44 bits per heavy atom. The van der Waals surface area contributed by atoms with Crippen molar-refractivity contribution in [2.24, 2.45) is 0 Å². The molecule has 0 spiro atoms. The molecule has 27 heavy (non-hydrogen) atoms. The predicted octanol–water partition coefficient (Wildman–Crippen LogP) is 4.37. The smallest absolute Gasteiger partial charge is 0.331 e. The molecule has 5 nitrogen and oxygen atoms in total. The topological polar surface area (TPSA) is 72.5 Å². The fourth-order valence-corrected chi connectivity index (χ4v) is 2.48. The van der Waals surface area contributed by atoms with Gasteiger partial charge in [0.25, 0.3) is 5.91 Å². The fourth-order valence-electron chi connectivity index (χ4n) is 2.10. The minimum atomic E-state index is -1.05. The Bertz CT molecular complexity index is 893. The summed E-state index contributed by atoms with van der Waals surface area (Å²) in [5.41, 5.74) is 1.21. The van der Waals surface area contributed by atoms with Crippen LogP contribution in [0.1, 0.15) is 29.8 Å². The first-order valence-electron chi connectivity index (χ1n) is 8.02. The molecule has 0 heterocycles. The molecule has 0 saturated carbocycles. The van der Waals surface area contributed by atoms with Gasteiger partial charge in [0.1, 0.15) is 5.82 Å². The molecule has 1 unspecified atom stereocenters. The maximum absolute atomic E-state index is 13.6. The van der Waals surface area contributed by atoms with E-state index in [2.05, 4.69) is 21.2 Å². The molecule has 0 aromatic heterocycles. The number of rotatable bonds is 6. The summed E-state index contributed by atoms with van der Waals surface area (Å²) in [6.45, 7) is 2.87. The zero-order valence-electron chi connectivity index (χ0n) is 14.7. The fraction of sp³-hybridized carbons (Fsp3) is 0.150. The quantitative estimate of drug-likeness (QED) is 0.416. The summed E-state index contributed by atoms with van der Waals surface area (Å²) in [7, 11) is 0. The number of halogens is 2. The summed E-state index contributed by atoms with van der Waals surface area (Å²) in [6, 6.07) is 10.7. The van der Waals surface area contributed by atoms with Crippen LogP contribution in [0, 0.1) is 5.82 Å². The second-order valence-corrected chi connectivity index (χ2v) is 6.62. The van der Waals surface area contributed by atoms with Gasteiger partial charge in [0.05, 0.1) is 0 Å². The van der Waals surface area contributed by atoms with Gasteiger partial charge in [-0.05, 0) is 62.4 Å². The van der Waals surface area contributed by atoms with Crippen molar-refractivity contribution in [3.05, 3.63) is 70.0 Å². The molecule has 1 amide bonds. The molecular formula is C20H17BrFNO4. The Labute approximate surface area is 164 Å². The standard InChI is InChI=1S/C20H17BrFNO4/c1-12(24)14-3-7-17(8-4-14)23-20(26)13(2)27-19(25)10-5-15-11-16(21)6-9-18(15)22/h3-11,13H,1-2H3,(H,23,26)/b10-5+. The second kappa shape index (κ2) is 9.23. The Kier molecular flexibility index (Phi) is 7.01. The summed E-state index contributed by atoms with van der Waals surface area (Å²) in [4.78, 5) is 35.2. The molecule has 1 N–H and O–H groups in total. The minimum absolute atomic E-state index is 0.0798. The zero-order valence-corrected chi connectivity index (χ0v) is 16.2. The van der Waals surface area contributed by atoms with Crippen LogP contribution in [0.15, 0.2) is 53.0 Å². The van der Waals surface area contributed by atoms with Gasteiger partial charge in [-0.3, -0.25) is 9.59 Å². The molecule has 2 rings (SSSR count). The number of ether oxygens (including phenoxy) is 1. The van der Waals surface area contributed by atoms with E-state index >= 15 is 0 Å². The molecule has 0 aliphatic carbocycles. The molecule has 2 aromatic rings. The number of hydrogen-bond donors (Lipinski definition) is 1. The first-order chi connectivity index (χ1) is 12.8. The van der Waals surface area contributed by atoms with Crippen LogP contribution in [0.2, 0.25) is 0 Å². The van der Waals surface area contributed by atoms with Crippen LogP contribution in [0.3, 0.4) is 0 Å². The summed E-state index contributed by atoms with van der Waals surface area (Å²) < 4.78 is 19.3. The molecule has 0 bridgehead atoms. The van der Waals surface area contributed by atoms with Crippen molar-refractivity contribution in [3.8, 4) is 0 Å². The van der Waals surface area contributed by atoms with Crippen LogP contribution in [0.5, 0.6) is 0 Å². The number of benzene rings is 2. The highest BCUT2D eigenvalue weighted by molar-refractivity contribution is 9.10. The van der Waals surface area contributed by atoms with Crippen LogP contribution in [0.4, 0.5) is 10.1 Å². The maximum Gasteiger partial charge on any atom is 0.331 e. The van der Waals surface area contributed by atoms with Crippen LogP contribution in [0.25, 0.3) is 6.08 Å². The number of hydrogen-bond acceptors (Lipinski definition) is 4. The number of nitrogens with one attached hydrogen (secondary N) is 1. The summed E-state index contributed by atoms with van der Waals surface area (Å²) in [6.07, 6.45) is 1.27. The average Bonchev–Trinajstić information content (AvgIpc) is 2.62. The lowest BCUT2D eigenvalue weighted by atomic mass is 10.1. The van der Waals surface area contributed by atoms with Gasteiger partial charge in [-0.15, -0.1) is 0 Å². The van der Waals surface area contributed by atoms with Crippen molar-refractivity contribution in [2.45, 2.75) is 20.0 Å². The molecular weight excluding hydrogens is 417 g/mol. The predicted molar refractivity (Wildman–Crippen MR) is 104 cm³/mol. The lowest BCUT2D eigenvalue weighted by Crippen LogP contribution is -2.29. The highest BCUT2D eigenvalue weighted by Gasteiger charge is 2.17. The van der Waals surface area contributed by atoms with Crippen molar-refractivity contribution < 1.29 is 23.5 Å². The van der Waals surface area contributed by atoms with Crippen LogP contribution >= 0.6 is 15.9 Å². The Balaban J connectivity index is 1.93. The van der Waals surface area contributed by atoms with Gasteiger partial charge < -0.3 is 10.1 Å². The van der Waals surface area contributed by atoms with Crippen molar-refractivity contribution in [1.29, 1.82) is 0 Å². The first-order valence-corrected chi connectivity index (χ1v) is 8.81. The highest BCUT2D eigenvalue weighted by Crippen LogP contribution is 2.17. The highest BCUT2D eigenvalue weighted by atomic mass is 79.9. The van der Waals surface area contributed by atoms with Crippen LogP contribution < -0.4 is 5.32 Å². The van der Waals surface area contributed by atoms with Crippen molar-refractivity contribution >= 4 is 45.4 Å². The monoisotopic (exact) mass is 433 g/mol. The van der Waals surface area contributed by atoms with Gasteiger partial charge in [0.2, 0.25) is 0 Å². The van der Waals surface area contributed by atoms with E-state index < -0.39 is 23.8 Å². The molecule has 0 aliphatic rings. The largest absolute Gasteiger partial charge is 0.449 e. The Morgan fingerprint density at radius 1 is 1.15 bits per heavy atom. The molecule has 140 valence electrons. The summed E-state index contributed by atoms with van der Waals surface area (Å²) in [5, 5.41) is 2.59. The summed E-state index contributed by atoms with van der Waals surface area (Å²) in [5.74, 6) is -1.86. The molecule has 0 saturated heterocycles. The number of carbonyl (C=O) groups excluding carboxylic acids is 3. The third-order valence-electron chi connectivity index (χ3n) is 3.58. The third kappa shape index (κ3) is 6.14. The molecule has 0 aliphatic heterocycles. The Hall–Kier alpha value is -2.80. The maximum atomic E-state index is 13.6. The normalized spacial score (nSPS) is 11.9. The number of ketones is 1. The summed E-state index contributed by atoms with van der Waals surface area (Å²) >= 11 is 3.22. The number of Topliss-reactive ketones (excluding diaryl/α,β-unsaturated/α-hetero) is 1. The number of carbonyl (C=O) groups is 3. The van der Waals surface area contributed by atoms with Crippen LogP contribution in [-0.4, -0.2) is 23.8 Å². The molecule has 7 heteroatoms. The van der Waals surface area contributed by atoms with Gasteiger partial charge in [0.15, 0.2) is 11.9 Å². The molecule has 2 aromatic carbocycles. The minimum Gasteiger partial charge on any atom is -0.449 e. The van der Waals surface area contributed by atoms with E-state index in [1.54, 1.807) is 30.3 Å². The van der Waals surface area contributed by atoms with Crippen molar-refractivity contribution in [1.82, 2.24) is 0 Å². The van der Waals surface area contributed by atoms with Crippen LogP contribution in [-0.2, 0) is 14.3 Å². The van der Waals surface area contributed by atoms with Crippen molar-refractivity contribution in [3.63, 3.8) is 0 Å². The van der Waals surface area contributed by atoms with Gasteiger partial charge >= 0.3 is 5.97 Å². The SMILES string of the molecule is CC(=O)c1ccc(NC(=O)C(C)OC(=O)/C=C/c2cc(Br)ccc2F)cc1. The average molecular weight is 434 g/mol. The molecule has 0 fully saturated rings. The van der Waals surface area contributed by atoms with E-state index in [0.29, 0.717) is 15.7 Å². The second-order valence-electron chi connectivity index (χ2n) is 5.70. The van der Waals surface area contributed by atoms with Gasteiger partial charge in [-0.25, -0.2) is 9.18 Å². The van der Waals surface area contributed by atoms with Crippen molar-refractivity contribution in [2.75, 3.05) is 5.32 Å². The first kappa shape index (κ1) is 20.5. The van der Waals surface area contributed by atoms with Gasteiger partial charge in [-0.2, -0.15) is 0 Å². The lowest BCUT2D eigenvalue weighted by Gasteiger charge is -2.12. The van der Waals surface area contributed by atoms with E-state index in [0.717, 1.165) is 6.08 Å². The van der Waals surface area contributed by atoms with E-state index in [1.165, 1.54) is 32.1 Å². The third-order valence-corrected chi connectivity index (χ3v) is 4.07. The lowest BCUT2D eigenvalue weighted by molar-refractivity contribution is -0.148. The molecule has 1 atom stereocenters. The van der Waals surface area contributed by atoms with Gasteiger partial charge in [0, 0.05) is 27.4 Å². The van der Waals surface area contributed by atoms with E-state index in [1.807, 2.05) is 0 Å². The molecule has 0 radical (unpaired) electrons. The zero-order chi connectivity index (χ0) is 20.0. The Morgan fingerprint density at radius 2 is 1.81 bits per heavy atom.